The third-order valence-electron chi connectivity index (χ3n) is 2.39. The molecule has 1 heterocycles. The standard InChI is InChI=1S/C14H22N4O5/c1-9-7-10(18-23-9)12(20)17-8-11(19)15-5-6-16-13(21)22-14(2,3)4/h7H,5-6,8H2,1-4H3,(H,15,19)(H,16,21)(H,17,20). The molecule has 9 nitrogen and oxygen atoms in total. The minimum Gasteiger partial charge on any atom is -0.444 e. The van der Waals surface area contributed by atoms with Gasteiger partial charge in [-0.3, -0.25) is 9.59 Å². The van der Waals surface area contributed by atoms with Gasteiger partial charge in [-0.1, -0.05) is 5.16 Å². The van der Waals surface area contributed by atoms with E-state index >= 15 is 0 Å². The number of nitrogens with one attached hydrogen (secondary N) is 3. The van der Waals surface area contributed by atoms with Crippen molar-refractivity contribution in [3.05, 3.63) is 17.5 Å². The van der Waals surface area contributed by atoms with Crippen LogP contribution in [0.4, 0.5) is 4.79 Å². The molecule has 0 bridgehead atoms. The van der Waals surface area contributed by atoms with Crippen LogP contribution in [0, 0.1) is 6.92 Å². The van der Waals surface area contributed by atoms with Crippen molar-refractivity contribution in [2.75, 3.05) is 19.6 Å². The number of alkyl carbamates (subject to hydrolysis) is 1. The second-order valence-electron chi connectivity index (χ2n) is 5.78. The Morgan fingerprint density at radius 3 is 2.39 bits per heavy atom. The highest BCUT2D eigenvalue weighted by atomic mass is 16.6. The maximum absolute atomic E-state index is 11.6. The fraction of sp³-hybridized carbons (Fsp3) is 0.571. The molecule has 0 aliphatic heterocycles. The molecular formula is C14H22N4O5. The van der Waals surface area contributed by atoms with Gasteiger partial charge in [0, 0.05) is 19.2 Å². The van der Waals surface area contributed by atoms with Gasteiger partial charge < -0.3 is 25.2 Å². The molecule has 0 saturated heterocycles. The number of rotatable bonds is 6. The van der Waals surface area contributed by atoms with E-state index in [9.17, 15) is 14.4 Å². The number of hydrogen-bond donors (Lipinski definition) is 3. The molecule has 0 aliphatic carbocycles. The molecule has 0 radical (unpaired) electrons. The quantitative estimate of drug-likeness (QED) is 0.648. The Bertz CT molecular complexity index is 562. The third kappa shape index (κ3) is 7.84. The van der Waals surface area contributed by atoms with Crippen LogP contribution in [-0.4, -0.2) is 48.3 Å². The number of aryl methyl sites for hydroxylation is 1. The van der Waals surface area contributed by atoms with Gasteiger partial charge in [0.05, 0.1) is 6.54 Å². The molecule has 3 N–H and O–H groups in total. The zero-order valence-electron chi connectivity index (χ0n) is 13.7. The summed E-state index contributed by atoms with van der Waals surface area (Å²) in [6.45, 7) is 7.17. The van der Waals surface area contributed by atoms with Crippen molar-refractivity contribution in [2.45, 2.75) is 33.3 Å². The Morgan fingerprint density at radius 1 is 1.17 bits per heavy atom. The summed E-state index contributed by atoms with van der Waals surface area (Å²) in [5, 5.41) is 11.0. The summed E-state index contributed by atoms with van der Waals surface area (Å²) in [4.78, 5) is 34.5. The number of carbonyl (C=O) groups excluding carboxylic acids is 3. The molecule has 3 amide bonds. The molecule has 23 heavy (non-hydrogen) atoms. The minimum atomic E-state index is -0.572. The third-order valence-corrected chi connectivity index (χ3v) is 2.39. The summed E-state index contributed by atoms with van der Waals surface area (Å²) in [6.07, 6.45) is -0.554. The van der Waals surface area contributed by atoms with Gasteiger partial charge in [-0.2, -0.15) is 0 Å². The highest BCUT2D eigenvalue weighted by molar-refractivity contribution is 5.94. The lowest BCUT2D eigenvalue weighted by Crippen LogP contribution is -2.41. The van der Waals surface area contributed by atoms with E-state index in [1.807, 2.05) is 0 Å². The van der Waals surface area contributed by atoms with Gasteiger partial charge >= 0.3 is 6.09 Å². The summed E-state index contributed by atoms with van der Waals surface area (Å²) in [7, 11) is 0. The van der Waals surface area contributed by atoms with Crippen LogP contribution < -0.4 is 16.0 Å². The number of aromatic nitrogens is 1. The van der Waals surface area contributed by atoms with E-state index in [0.29, 0.717) is 5.76 Å². The molecule has 128 valence electrons. The van der Waals surface area contributed by atoms with Crippen molar-refractivity contribution in [2.24, 2.45) is 0 Å². The minimum absolute atomic E-state index is 0.113. The van der Waals surface area contributed by atoms with Crippen molar-refractivity contribution < 1.29 is 23.6 Å². The van der Waals surface area contributed by atoms with Crippen LogP contribution in [0.25, 0.3) is 0 Å². The van der Waals surface area contributed by atoms with E-state index in [1.54, 1.807) is 27.7 Å². The van der Waals surface area contributed by atoms with Gasteiger partial charge in [-0.25, -0.2) is 4.79 Å². The van der Waals surface area contributed by atoms with Crippen molar-refractivity contribution >= 4 is 17.9 Å². The zero-order chi connectivity index (χ0) is 17.5. The Labute approximate surface area is 134 Å². The molecule has 0 atom stereocenters. The monoisotopic (exact) mass is 326 g/mol. The predicted octanol–water partition coefficient (Wildman–Crippen LogP) is 0.354. The Hall–Kier alpha value is -2.58. The average Bonchev–Trinajstić information content (AvgIpc) is 2.85. The molecule has 0 unspecified atom stereocenters. The first-order valence-corrected chi connectivity index (χ1v) is 7.12. The van der Waals surface area contributed by atoms with E-state index < -0.39 is 17.6 Å². The predicted molar refractivity (Wildman–Crippen MR) is 80.8 cm³/mol. The molecule has 0 aromatic carbocycles. The lowest BCUT2D eigenvalue weighted by atomic mass is 10.2. The van der Waals surface area contributed by atoms with Crippen LogP contribution >= 0.6 is 0 Å². The van der Waals surface area contributed by atoms with Gasteiger partial charge in [0.1, 0.15) is 11.4 Å². The number of nitrogens with zero attached hydrogens (tertiary/aromatic N) is 1. The normalized spacial score (nSPS) is 10.8. The first-order chi connectivity index (χ1) is 10.7. The average molecular weight is 326 g/mol. The van der Waals surface area contributed by atoms with Crippen molar-refractivity contribution in [3.63, 3.8) is 0 Å². The lowest BCUT2D eigenvalue weighted by molar-refractivity contribution is -0.120. The van der Waals surface area contributed by atoms with Crippen molar-refractivity contribution in [3.8, 4) is 0 Å². The molecule has 9 heteroatoms. The SMILES string of the molecule is Cc1cc(C(=O)NCC(=O)NCCNC(=O)OC(C)(C)C)no1. The Morgan fingerprint density at radius 2 is 1.83 bits per heavy atom. The summed E-state index contributed by atoms with van der Waals surface area (Å²) in [5.74, 6) is -0.374. The summed E-state index contributed by atoms with van der Waals surface area (Å²) in [5.41, 5.74) is -0.459. The van der Waals surface area contributed by atoms with Gasteiger partial charge in [-0.05, 0) is 27.7 Å². The van der Waals surface area contributed by atoms with Gasteiger partial charge in [0.2, 0.25) is 5.91 Å². The van der Waals surface area contributed by atoms with Crippen molar-refractivity contribution in [1.29, 1.82) is 0 Å². The fourth-order valence-corrected chi connectivity index (χ4v) is 1.47. The second kappa shape index (κ2) is 8.16. The van der Waals surface area contributed by atoms with Gasteiger partial charge in [0.15, 0.2) is 5.69 Å². The number of amides is 3. The van der Waals surface area contributed by atoms with Crippen LogP contribution in [-0.2, 0) is 9.53 Å². The summed E-state index contributed by atoms with van der Waals surface area (Å²) in [6, 6.07) is 1.47. The molecule has 1 aromatic heterocycles. The molecular weight excluding hydrogens is 304 g/mol. The van der Waals surface area contributed by atoms with Gasteiger partial charge in [0.25, 0.3) is 5.91 Å². The fourth-order valence-electron chi connectivity index (χ4n) is 1.47. The smallest absolute Gasteiger partial charge is 0.407 e. The maximum Gasteiger partial charge on any atom is 0.407 e. The van der Waals surface area contributed by atoms with Crippen LogP contribution in [0.1, 0.15) is 37.0 Å². The molecule has 0 aliphatic rings. The lowest BCUT2D eigenvalue weighted by Gasteiger charge is -2.19. The van der Waals surface area contributed by atoms with Gasteiger partial charge in [-0.15, -0.1) is 0 Å². The zero-order valence-corrected chi connectivity index (χ0v) is 13.7. The maximum atomic E-state index is 11.6. The number of carbonyl (C=O) groups is 3. The van der Waals surface area contributed by atoms with Crippen LogP contribution in [0.5, 0.6) is 0 Å². The first-order valence-electron chi connectivity index (χ1n) is 7.12. The highest BCUT2D eigenvalue weighted by Crippen LogP contribution is 2.05. The number of ether oxygens (including phenoxy) is 1. The molecule has 1 aromatic rings. The first kappa shape index (κ1) is 18.5. The second-order valence-corrected chi connectivity index (χ2v) is 5.78. The Balaban J connectivity index is 2.15. The van der Waals surface area contributed by atoms with E-state index in [4.69, 9.17) is 9.26 Å². The summed E-state index contributed by atoms with van der Waals surface area (Å²) < 4.78 is 9.80. The largest absolute Gasteiger partial charge is 0.444 e. The van der Waals surface area contributed by atoms with Crippen LogP contribution in [0.15, 0.2) is 10.6 Å². The van der Waals surface area contributed by atoms with Crippen LogP contribution in [0.2, 0.25) is 0 Å². The number of hydrogen-bond acceptors (Lipinski definition) is 6. The molecule has 1 rings (SSSR count). The summed E-state index contributed by atoms with van der Waals surface area (Å²) >= 11 is 0. The van der Waals surface area contributed by atoms with Crippen molar-refractivity contribution in [1.82, 2.24) is 21.1 Å². The van der Waals surface area contributed by atoms with E-state index in [2.05, 4.69) is 21.1 Å². The van der Waals surface area contributed by atoms with E-state index in [0.717, 1.165) is 0 Å². The Kier molecular flexibility index (Phi) is 6.55. The topological polar surface area (TPSA) is 123 Å². The molecule has 0 saturated carbocycles. The highest BCUT2D eigenvalue weighted by Gasteiger charge is 2.15. The molecule has 0 fully saturated rings. The van der Waals surface area contributed by atoms with Crippen LogP contribution in [0.3, 0.4) is 0 Å². The van der Waals surface area contributed by atoms with E-state index in [1.165, 1.54) is 6.07 Å². The molecule has 0 spiro atoms. The van der Waals surface area contributed by atoms with E-state index in [-0.39, 0.29) is 31.2 Å².